The second kappa shape index (κ2) is 18.8. The second-order valence-corrected chi connectivity index (χ2v) is 22.5. The number of benzene rings is 1. The number of nitrogens with zero attached hydrogens (tertiary/aromatic N) is 5. The first-order valence-corrected chi connectivity index (χ1v) is 24.0. The molecule has 4 saturated carbocycles. The normalized spacial score (nSPS) is 37.8. The van der Waals surface area contributed by atoms with Crippen molar-refractivity contribution in [2.75, 3.05) is 38.7 Å². The number of esters is 2. The molecule has 22 heteroatoms. The van der Waals surface area contributed by atoms with Gasteiger partial charge in [0.1, 0.15) is 48.8 Å². The lowest BCUT2D eigenvalue weighted by Gasteiger charge is -2.71. The van der Waals surface area contributed by atoms with Gasteiger partial charge in [0.15, 0.2) is 0 Å². The van der Waals surface area contributed by atoms with Crippen molar-refractivity contribution in [3.05, 3.63) is 49.2 Å². The van der Waals surface area contributed by atoms with Crippen LogP contribution >= 0.6 is 0 Å². The van der Waals surface area contributed by atoms with Gasteiger partial charge in [-0.05, 0) is 104 Å². The van der Waals surface area contributed by atoms with Crippen LogP contribution in [0.3, 0.4) is 0 Å². The number of anilines is 1. The largest absolute Gasteiger partial charge is 0.569 e. The van der Waals surface area contributed by atoms with Gasteiger partial charge in [0, 0.05) is 11.5 Å². The molecule has 1 heterocycles. The van der Waals surface area contributed by atoms with E-state index in [0.717, 1.165) is 56.0 Å². The number of rotatable bonds is 14. The van der Waals surface area contributed by atoms with Crippen LogP contribution in [0.5, 0.6) is 5.75 Å². The number of hydrogen-bond acceptors (Lipinski definition) is 18. The van der Waals surface area contributed by atoms with Crippen molar-refractivity contribution in [3.63, 3.8) is 0 Å². The summed E-state index contributed by atoms with van der Waals surface area (Å²) in [4.78, 5) is 55.3. The number of fused-ring (bicyclic) bond motifs is 7. The van der Waals surface area contributed by atoms with Crippen molar-refractivity contribution in [2.24, 2.45) is 55.5 Å². The lowest BCUT2D eigenvalue weighted by molar-refractivity contribution is -0.701. The van der Waals surface area contributed by atoms with Crippen molar-refractivity contribution >= 4 is 29.0 Å². The summed E-state index contributed by atoms with van der Waals surface area (Å²) >= 11 is 0. The number of aliphatic hydroxyl groups excluding tert-OH is 5. The summed E-state index contributed by atoms with van der Waals surface area (Å²) < 4.78 is 17.8. The third-order valence-electron chi connectivity index (χ3n) is 18.1. The Labute approximate surface area is 400 Å². The molecule has 1 aromatic carbocycles. The van der Waals surface area contributed by atoms with Crippen LogP contribution in [0.4, 0.5) is 17.1 Å². The van der Waals surface area contributed by atoms with Crippen LogP contribution in [0.2, 0.25) is 0 Å². The Hall–Kier alpha value is -4.74. The van der Waals surface area contributed by atoms with Crippen LogP contribution in [-0.4, -0.2) is 127 Å². The number of carbonyl (C=O) groups excluding carboxylic acids is 2. The second-order valence-electron chi connectivity index (χ2n) is 22.5. The van der Waals surface area contributed by atoms with Crippen molar-refractivity contribution < 1.29 is 69.0 Å². The van der Waals surface area contributed by atoms with Crippen molar-refractivity contribution in [1.82, 2.24) is 5.01 Å². The minimum absolute atomic E-state index is 0.0598. The van der Waals surface area contributed by atoms with Gasteiger partial charge < -0.3 is 50.3 Å². The fraction of sp³-hybridized carbons (Fsp3) is 0.787. The summed E-state index contributed by atoms with van der Waals surface area (Å²) in [7, 11) is 1.28. The molecule has 13 atom stereocenters. The summed E-state index contributed by atoms with van der Waals surface area (Å²) in [5, 5.41) is 93.5. The molecule has 6 aliphatic rings. The van der Waals surface area contributed by atoms with E-state index < -0.39 is 106 Å². The van der Waals surface area contributed by atoms with Gasteiger partial charge in [-0.3, -0.25) is 34.7 Å². The highest BCUT2D eigenvalue weighted by molar-refractivity contribution is 5.79. The number of hydrazine groups is 1. The molecule has 5 fully saturated rings. The number of carbonyl (C=O) groups is 2. The Morgan fingerprint density at radius 2 is 1.55 bits per heavy atom. The zero-order chi connectivity index (χ0) is 50.8. The number of nitrogens with one attached hydrogen (secondary N) is 1. The molecule has 7 rings (SSSR count). The van der Waals surface area contributed by atoms with Crippen LogP contribution in [0.15, 0.2) is 29.1 Å². The maximum atomic E-state index is 14.6. The lowest BCUT2D eigenvalue weighted by Crippen LogP contribution is -2.65. The van der Waals surface area contributed by atoms with Crippen LogP contribution < -0.4 is 10.2 Å². The van der Waals surface area contributed by atoms with E-state index in [1.165, 1.54) is 12.6 Å². The molecule has 69 heavy (non-hydrogen) atoms. The Kier molecular flexibility index (Phi) is 14.2. The molecule has 1 saturated heterocycles. The number of likely N-dealkylation sites (N-methyl/N-ethyl adjacent to an activating group) is 1. The van der Waals surface area contributed by atoms with E-state index in [1.807, 2.05) is 0 Å². The number of nitro groups is 2. The van der Waals surface area contributed by atoms with Crippen molar-refractivity contribution in [2.45, 2.75) is 149 Å². The third-order valence-corrected chi connectivity index (χ3v) is 18.1. The van der Waals surface area contributed by atoms with E-state index >= 15 is 0 Å². The minimum Gasteiger partial charge on any atom is -0.569 e. The quantitative estimate of drug-likeness (QED) is 0.0354. The van der Waals surface area contributed by atoms with Gasteiger partial charge in [0.25, 0.3) is 5.69 Å². The van der Waals surface area contributed by atoms with E-state index in [2.05, 4.69) is 65.1 Å². The van der Waals surface area contributed by atoms with E-state index in [1.54, 1.807) is 0 Å². The Morgan fingerprint density at radius 3 is 2.20 bits per heavy atom. The van der Waals surface area contributed by atoms with Gasteiger partial charge in [0.05, 0.1) is 47.0 Å². The van der Waals surface area contributed by atoms with Crippen molar-refractivity contribution in [1.29, 1.82) is 0 Å². The predicted octanol–water partition coefficient (Wildman–Crippen LogP) is 5.07. The van der Waals surface area contributed by atoms with Crippen LogP contribution in [0.1, 0.15) is 113 Å². The molecule has 1 aliphatic heterocycles. The van der Waals surface area contributed by atoms with E-state index in [-0.39, 0.29) is 56.6 Å². The van der Waals surface area contributed by atoms with Crippen LogP contribution in [0, 0.1) is 75.7 Å². The zero-order valence-electron chi connectivity index (χ0n) is 40.8. The third kappa shape index (κ3) is 8.91. The molecule has 5 aliphatic carbocycles. The SMILES string of the molecule is CN(CCO)/[N+]([O-])=N/Oc1cc(NCC(=O)O[C@H]2CC[C@]3(C)[C@H]4CC=C5[C@@H]6CC(C)(C)CC[C@]6(C(=O)O[C@@H]6O[C@H](CO)[C@H](O)[C@H](O)[C@H]6O)CC[C@@]5(C)[C@]4(C)CC[C@H]3C2(C)C)c([N+](=O)[O-])cc1[N+](=O)[O-]. The highest BCUT2D eigenvalue weighted by Gasteiger charge is 2.70. The first-order valence-electron chi connectivity index (χ1n) is 24.0. The average molecular weight is 975 g/mol. The first kappa shape index (κ1) is 52.1. The molecule has 0 spiro atoms. The summed E-state index contributed by atoms with van der Waals surface area (Å²) in [6.07, 6.45) is 1.38. The summed E-state index contributed by atoms with van der Waals surface area (Å²) in [5.74, 6) is -1.58. The average Bonchev–Trinajstić information content (AvgIpc) is 3.28. The van der Waals surface area contributed by atoms with Gasteiger partial charge in [-0.15, -0.1) is 5.01 Å². The molecule has 0 aromatic heterocycles. The molecule has 6 N–H and O–H groups in total. The zero-order valence-corrected chi connectivity index (χ0v) is 40.8. The van der Waals surface area contributed by atoms with Gasteiger partial charge in [-0.1, -0.05) is 60.1 Å². The number of nitro benzene ring substituents is 2. The molecular weight excluding hydrogens is 905 g/mol. The fourth-order valence-corrected chi connectivity index (χ4v) is 14.0. The predicted molar refractivity (Wildman–Crippen MR) is 243 cm³/mol. The lowest BCUT2D eigenvalue weighted by atomic mass is 9.33. The molecule has 0 bridgehead atoms. The summed E-state index contributed by atoms with van der Waals surface area (Å²) in [6.45, 7) is 14.2. The highest BCUT2D eigenvalue weighted by atomic mass is 16.7. The standard InChI is InChI=1S/C47H70N6O16/c1-42(2)15-17-47(41(60)68-40-39(59)38(58)37(57)32(25-55)66-40)18-16-45(6)26(27(47)23-42)9-10-34-44(5)13-12-35(43(3,4)33(44)11-14-46(34,45)7)67-36(56)24-48-28-21-31(69-49-53(65)50(8)19-20-54)30(52(63)64)22-29(28)51(61)62/h9,21-22,27,32-35,37-40,48,54-55,57-59H,10-20,23-25H2,1-8H3/b53-49-/t27-,32+,33-,34+,35-,37-,38-,39+,40-,44-,45+,46+,47-/m0/s1. The Bertz CT molecular complexity index is 2240. The molecular formula is C47H70N6O16. The van der Waals surface area contributed by atoms with E-state index in [4.69, 9.17) is 24.2 Å². The maximum Gasteiger partial charge on any atom is 0.325 e. The monoisotopic (exact) mass is 974 g/mol. The van der Waals surface area contributed by atoms with Crippen LogP contribution in [-0.2, 0) is 23.8 Å². The minimum atomic E-state index is -1.70. The number of ether oxygens (including phenoxy) is 3. The van der Waals surface area contributed by atoms with E-state index in [9.17, 15) is 55.5 Å². The van der Waals surface area contributed by atoms with Gasteiger partial charge in [-0.2, -0.15) is 0 Å². The van der Waals surface area contributed by atoms with Crippen molar-refractivity contribution in [3.8, 4) is 5.75 Å². The fourth-order valence-electron chi connectivity index (χ4n) is 14.0. The smallest absolute Gasteiger partial charge is 0.325 e. The first-order chi connectivity index (χ1) is 32.2. The summed E-state index contributed by atoms with van der Waals surface area (Å²) in [6, 6.07) is 1.54. The summed E-state index contributed by atoms with van der Waals surface area (Å²) in [5.41, 5.74) is -2.71. The van der Waals surface area contributed by atoms with Crippen LogP contribution in [0.25, 0.3) is 0 Å². The molecule has 0 radical (unpaired) electrons. The number of allylic oxidation sites excluding steroid dienone is 2. The molecule has 384 valence electrons. The van der Waals surface area contributed by atoms with Gasteiger partial charge >= 0.3 is 17.6 Å². The van der Waals surface area contributed by atoms with Gasteiger partial charge in [0.2, 0.25) is 17.3 Å². The van der Waals surface area contributed by atoms with Gasteiger partial charge in [-0.25, -0.2) is 0 Å². The topological polar surface area (TPSA) is 312 Å². The number of aliphatic hydroxyl groups is 5. The molecule has 0 unspecified atom stereocenters. The molecule has 0 amide bonds. The molecule has 1 aromatic rings. The highest BCUT2D eigenvalue weighted by Crippen LogP contribution is 2.76. The van der Waals surface area contributed by atoms with E-state index in [0.29, 0.717) is 25.3 Å². The molecule has 22 nitrogen and oxygen atoms in total. The maximum absolute atomic E-state index is 14.6. The number of hydrogen-bond donors (Lipinski definition) is 6. The Balaban J connectivity index is 1.08. The Morgan fingerprint density at radius 1 is 0.870 bits per heavy atom.